The highest BCUT2D eigenvalue weighted by atomic mass is 16.5. The number of aryl methyl sites for hydroxylation is 1. The van der Waals surface area contributed by atoms with Crippen molar-refractivity contribution in [3.8, 4) is 11.6 Å². The number of hydrogen-bond donors (Lipinski definition) is 0. The van der Waals surface area contributed by atoms with Gasteiger partial charge in [0, 0.05) is 38.3 Å². The summed E-state index contributed by atoms with van der Waals surface area (Å²) < 4.78 is 11.3. The van der Waals surface area contributed by atoms with Gasteiger partial charge in [-0.05, 0) is 24.6 Å². The van der Waals surface area contributed by atoms with E-state index in [1.165, 1.54) is 5.56 Å². The van der Waals surface area contributed by atoms with E-state index < -0.39 is 0 Å². The van der Waals surface area contributed by atoms with Crippen molar-refractivity contribution in [2.24, 2.45) is 0 Å². The van der Waals surface area contributed by atoms with Crippen molar-refractivity contribution in [3.05, 3.63) is 53.7 Å². The van der Waals surface area contributed by atoms with Crippen molar-refractivity contribution < 1.29 is 14.3 Å². The molecule has 3 rings (SSSR count). The fourth-order valence-electron chi connectivity index (χ4n) is 2.82. The van der Waals surface area contributed by atoms with E-state index in [2.05, 4.69) is 9.88 Å². The standard InChI is InChI=1S/C20H24N2O3/c1-3-18(23)19-14-22(10-11-24-19)13-16-6-9-20(21-12-16)25-17-7-4-15(2)5-8-17/h4-9,12,19H,3,10-11,13-14H2,1-2H3/t19-/m0/s1. The van der Waals surface area contributed by atoms with Crippen LogP contribution < -0.4 is 4.74 Å². The summed E-state index contributed by atoms with van der Waals surface area (Å²) in [5.41, 5.74) is 2.29. The zero-order valence-corrected chi connectivity index (χ0v) is 14.8. The van der Waals surface area contributed by atoms with E-state index in [9.17, 15) is 4.79 Å². The van der Waals surface area contributed by atoms with Crippen molar-refractivity contribution in [1.82, 2.24) is 9.88 Å². The zero-order chi connectivity index (χ0) is 17.6. The van der Waals surface area contributed by atoms with Crippen LogP contribution in [0.2, 0.25) is 0 Å². The van der Waals surface area contributed by atoms with E-state index in [1.807, 2.05) is 56.4 Å². The van der Waals surface area contributed by atoms with Gasteiger partial charge < -0.3 is 9.47 Å². The van der Waals surface area contributed by atoms with Crippen LogP contribution in [0.1, 0.15) is 24.5 Å². The fraction of sp³-hybridized carbons (Fsp3) is 0.400. The molecule has 1 saturated heterocycles. The Hall–Kier alpha value is -2.24. The van der Waals surface area contributed by atoms with Gasteiger partial charge in [0.15, 0.2) is 5.78 Å². The van der Waals surface area contributed by atoms with Gasteiger partial charge in [-0.1, -0.05) is 30.7 Å². The highest BCUT2D eigenvalue weighted by molar-refractivity contribution is 5.83. The van der Waals surface area contributed by atoms with Gasteiger partial charge in [-0.3, -0.25) is 9.69 Å². The molecule has 1 aliphatic heterocycles. The molecule has 132 valence electrons. The number of morpholine rings is 1. The molecular weight excluding hydrogens is 316 g/mol. The van der Waals surface area contributed by atoms with Crippen LogP contribution in [0.5, 0.6) is 11.6 Å². The van der Waals surface area contributed by atoms with Crippen molar-refractivity contribution in [2.75, 3.05) is 19.7 Å². The van der Waals surface area contributed by atoms with Gasteiger partial charge in [0.1, 0.15) is 11.9 Å². The van der Waals surface area contributed by atoms with Crippen molar-refractivity contribution in [2.45, 2.75) is 32.9 Å². The number of hydrogen-bond acceptors (Lipinski definition) is 5. The first-order valence-corrected chi connectivity index (χ1v) is 8.70. The predicted octanol–water partition coefficient (Wildman–Crippen LogP) is 3.36. The van der Waals surface area contributed by atoms with Gasteiger partial charge in [-0.2, -0.15) is 0 Å². The number of rotatable bonds is 6. The van der Waals surface area contributed by atoms with E-state index in [1.54, 1.807) is 0 Å². The minimum Gasteiger partial charge on any atom is -0.439 e. The summed E-state index contributed by atoms with van der Waals surface area (Å²) in [7, 11) is 0. The fourth-order valence-corrected chi connectivity index (χ4v) is 2.82. The molecule has 1 aromatic carbocycles. The lowest BCUT2D eigenvalue weighted by Crippen LogP contribution is -2.45. The van der Waals surface area contributed by atoms with Gasteiger partial charge in [-0.15, -0.1) is 0 Å². The Balaban J connectivity index is 1.57. The molecule has 0 aliphatic carbocycles. The quantitative estimate of drug-likeness (QED) is 0.807. The summed E-state index contributed by atoms with van der Waals surface area (Å²) in [6.07, 6.45) is 2.05. The molecule has 1 aromatic heterocycles. The smallest absolute Gasteiger partial charge is 0.219 e. The van der Waals surface area contributed by atoms with E-state index in [0.717, 1.165) is 24.4 Å². The maximum atomic E-state index is 11.8. The third kappa shape index (κ3) is 4.87. The van der Waals surface area contributed by atoms with Crippen LogP contribution in [0, 0.1) is 6.92 Å². The van der Waals surface area contributed by atoms with Gasteiger partial charge in [0.2, 0.25) is 5.88 Å². The Labute approximate surface area is 148 Å². The topological polar surface area (TPSA) is 51.7 Å². The molecule has 5 nitrogen and oxygen atoms in total. The molecule has 0 N–H and O–H groups in total. The number of carbonyl (C=O) groups is 1. The normalized spacial score (nSPS) is 18.1. The molecule has 1 atom stereocenters. The first kappa shape index (κ1) is 17.6. The van der Waals surface area contributed by atoms with Gasteiger partial charge in [0.25, 0.3) is 0 Å². The first-order chi connectivity index (χ1) is 12.1. The summed E-state index contributed by atoms with van der Waals surface area (Å²) >= 11 is 0. The number of Topliss-reactive ketones (excluding diaryl/α,β-unsaturated/α-hetero) is 1. The van der Waals surface area contributed by atoms with Crippen LogP contribution >= 0.6 is 0 Å². The van der Waals surface area contributed by atoms with Crippen molar-refractivity contribution in [1.29, 1.82) is 0 Å². The molecule has 0 saturated carbocycles. The molecule has 0 unspecified atom stereocenters. The molecular formula is C20H24N2O3. The first-order valence-electron chi connectivity index (χ1n) is 8.70. The Morgan fingerprint density at radius 1 is 1.28 bits per heavy atom. The molecule has 0 spiro atoms. The van der Waals surface area contributed by atoms with Crippen LogP contribution in [0.3, 0.4) is 0 Å². The van der Waals surface area contributed by atoms with Gasteiger partial charge in [-0.25, -0.2) is 4.98 Å². The summed E-state index contributed by atoms with van der Waals surface area (Å²) in [6.45, 7) is 6.75. The number of ketones is 1. The third-order valence-corrected chi connectivity index (χ3v) is 4.31. The van der Waals surface area contributed by atoms with Gasteiger partial charge in [0.05, 0.1) is 6.61 Å². The second kappa shape index (κ2) is 8.23. The number of aromatic nitrogens is 1. The monoisotopic (exact) mass is 340 g/mol. The molecule has 1 fully saturated rings. The van der Waals surface area contributed by atoms with Gasteiger partial charge >= 0.3 is 0 Å². The SMILES string of the molecule is CCC(=O)[C@@H]1CN(Cc2ccc(Oc3ccc(C)cc3)nc2)CCO1. The molecule has 5 heteroatoms. The largest absolute Gasteiger partial charge is 0.439 e. The number of nitrogens with zero attached hydrogens (tertiary/aromatic N) is 2. The second-order valence-corrected chi connectivity index (χ2v) is 6.33. The zero-order valence-electron chi connectivity index (χ0n) is 14.8. The number of carbonyl (C=O) groups excluding carboxylic acids is 1. The lowest BCUT2D eigenvalue weighted by Gasteiger charge is -2.32. The predicted molar refractivity (Wildman–Crippen MR) is 95.8 cm³/mol. The van der Waals surface area contributed by atoms with Crippen LogP contribution in [0.25, 0.3) is 0 Å². The van der Waals surface area contributed by atoms with Crippen molar-refractivity contribution in [3.63, 3.8) is 0 Å². The molecule has 0 amide bonds. The Morgan fingerprint density at radius 2 is 2.08 bits per heavy atom. The highest BCUT2D eigenvalue weighted by Crippen LogP contribution is 2.20. The maximum Gasteiger partial charge on any atom is 0.219 e. The highest BCUT2D eigenvalue weighted by Gasteiger charge is 2.25. The summed E-state index contributed by atoms with van der Waals surface area (Å²) in [5.74, 6) is 1.53. The van der Waals surface area contributed by atoms with Crippen molar-refractivity contribution >= 4 is 5.78 Å². The summed E-state index contributed by atoms with van der Waals surface area (Å²) in [6, 6.07) is 11.8. The Bertz CT molecular complexity index is 698. The third-order valence-electron chi connectivity index (χ3n) is 4.31. The average molecular weight is 340 g/mol. The van der Waals surface area contributed by atoms with E-state index in [4.69, 9.17) is 9.47 Å². The number of pyridine rings is 1. The van der Waals surface area contributed by atoms with E-state index in [0.29, 0.717) is 25.5 Å². The maximum absolute atomic E-state index is 11.8. The molecule has 2 aromatic rings. The Kier molecular flexibility index (Phi) is 5.79. The van der Waals surface area contributed by atoms with Crippen LogP contribution in [-0.4, -0.2) is 41.5 Å². The van der Waals surface area contributed by atoms with E-state index in [-0.39, 0.29) is 11.9 Å². The summed E-state index contributed by atoms with van der Waals surface area (Å²) in [5, 5.41) is 0. The molecule has 1 aliphatic rings. The molecule has 25 heavy (non-hydrogen) atoms. The second-order valence-electron chi connectivity index (χ2n) is 6.33. The van der Waals surface area contributed by atoms with Crippen LogP contribution in [0.15, 0.2) is 42.6 Å². The molecule has 0 bridgehead atoms. The number of benzene rings is 1. The lowest BCUT2D eigenvalue weighted by atomic mass is 10.1. The van der Waals surface area contributed by atoms with Crippen LogP contribution in [0.4, 0.5) is 0 Å². The minimum absolute atomic E-state index is 0.171. The number of ether oxygens (including phenoxy) is 2. The minimum atomic E-state index is -0.296. The Morgan fingerprint density at radius 3 is 2.76 bits per heavy atom. The average Bonchev–Trinajstić information content (AvgIpc) is 2.65. The van der Waals surface area contributed by atoms with E-state index >= 15 is 0 Å². The van der Waals surface area contributed by atoms with Crippen LogP contribution in [-0.2, 0) is 16.1 Å². The lowest BCUT2D eigenvalue weighted by molar-refractivity contribution is -0.136. The molecule has 2 heterocycles. The molecule has 0 radical (unpaired) electrons. The summed E-state index contributed by atoms with van der Waals surface area (Å²) in [4.78, 5) is 18.4.